The number of hydrogen-bond acceptors (Lipinski definition) is 1. The molecule has 0 atom stereocenters. The Kier molecular flexibility index (Phi) is 3.84. The molecular weight excluding hydrogens is 440 g/mol. The summed E-state index contributed by atoms with van der Waals surface area (Å²) in [6.45, 7) is 2.18. The molecule has 0 unspecified atom stereocenters. The van der Waals surface area contributed by atoms with E-state index in [-0.39, 0.29) is 0 Å². The minimum Gasteiger partial charge on any atom is -0.309 e. The maximum absolute atomic E-state index is 5.06. The first-order valence-corrected chi connectivity index (χ1v) is 12.3. The predicted octanol–water partition coefficient (Wildman–Crippen LogP) is 7.84. The summed E-state index contributed by atoms with van der Waals surface area (Å²) in [6.07, 6.45) is 0. The minimum absolute atomic E-state index is 0.930. The van der Waals surface area contributed by atoms with Gasteiger partial charge in [0, 0.05) is 22.1 Å². The lowest BCUT2D eigenvalue weighted by Crippen LogP contribution is -1.97. The maximum Gasteiger partial charge on any atom is 0.220 e. The zero-order valence-electron chi connectivity index (χ0n) is 19.8. The SMILES string of the molecule is Cc1ccccc1-n1c2ccccc2c2cc(-n3c4ccccc4n4c5ccccc5nc34)ccc21. The average molecular weight is 463 g/mol. The maximum atomic E-state index is 5.06. The van der Waals surface area contributed by atoms with Gasteiger partial charge in [-0.05, 0) is 67.1 Å². The van der Waals surface area contributed by atoms with Crippen molar-refractivity contribution in [3.63, 3.8) is 0 Å². The van der Waals surface area contributed by atoms with Crippen LogP contribution in [0, 0.1) is 6.92 Å². The van der Waals surface area contributed by atoms with Crippen LogP contribution < -0.4 is 0 Å². The zero-order valence-corrected chi connectivity index (χ0v) is 19.8. The first-order chi connectivity index (χ1) is 17.8. The summed E-state index contributed by atoms with van der Waals surface area (Å²) in [5.74, 6) is 0.930. The molecule has 0 amide bonds. The molecule has 0 saturated heterocycles. The van der Waals surface area contributed by atoms with Crippen molar-refractivity contribution in [1.82, 2.24) is 18.5 Å². The normalized spacial score (nSPS) is 12.0. The molecule has 0 aliphatic carbocycles. The molecule has 0 saturated carbocycles. The highest BCUT2D eigenvalue weighted by Gasteiger charge is 2.19. The lowest BCUT2D eigenvalue weighted by molar-refractivity contribution is 1.11. The van der Waals surface area contributed by atoms with Crippen molar-refractivity contribution in [2.24, 2.45) is 0 Å². The third-order valence-corrected chi connectivity index (χ3v) is 7.38. The van der Waals surface area contributed by atoms with E-state index >= 15 is 0 Å². The fraction of sp³-hybridized carbons (Fsp3) is 0.0312. The van der Waals surface area contributed by atoms with E-state index < -0.39 is 0 Å². The van der Waals surface area contributed by atoms with Crippen molar-refractivity contribution in [2.45, 2.75) is 6.92 Å². The Balaban J connectivity index is 1.49. The summed E-state index contributed by atoms with van der Waals surface area (Å²) in [4.78, 5) is 5.06. The zero-order chi connectivity index (χ0) is 23.8. The highest BCUT2D eigenvalue weighted by atomic mass is 15.2. The molecular formula is C32H22N4. The summed E-state index contributed by atoms with van der Waals surface area (Å²) in [5.41, 5.74) is 10.4. The van der Waals surface area contributed by atoms with Gasteiger partial charge in [0.05, 0.1) is 33.1 Å². The van der Waals surface area contributed by atoms with Crippen LogP contribution in [0.1, 0.15) is 5.56 Å². The van der Waals surface area contributed by atoms with E-state index in [0.717, 1.165) is 33.5 Å². The summed E-state index contributed by atoms with van der Waals surface area (Å²) in [5, 5.41) is 2.48. The van der Waals surface area contributed by atoms with E-state index in [1.165, 1.54) is 33.1 Å². The predicted molar refractivity (Wildman–Crippen MR) is 149 cm³/mol. The molecule has 36 heavy (non-hydrogen) atoms. The smallest absolute Gasteiger partial charge is 0.220 e. The van der Waals surface area contributed by atoms with Crippen LogP contribution in [0.25, 0.3) is 61.0 Å². The van der Waals surface area contributed by atoms with Crippen molar-refractivity contribution < 1.29 is 0 Å². The van der Waals surface area contributed by atoms with Crippen molar-refractivity contribution >= 4 is 49.7 Å². The number of aromatic nitrogens is 4. The Morgan fingerprint density at radius 2 is 1.19 bits per heavy atom. The van der Waals surface area contributed by atoms with E-state index in [1.807, 2.05) is 6.07 Å². The van der Waals surface area contributed by atoms with Crippen molar-refractivity contribution in [3.8, 4) is 11.4 Å². The van der Waals surface area contributed by atoms with Crippen LogP contribution in [0.15, 0.2) is 115 Å². The van der Waals surface area contributed by atoms with Gasteiger partial charge >= 0.3 is 0 Å². The Hall–Kier alpha value is -4.83. The van der Waals surface area contributed by atoms with Crippen LogP contribution in [-0.4, -0.2) is 18.5 Å². The number of aryl methyl sites for hydroxylation is 1. The molecule has 0 bridgehead atoms. The third-order valence-electron chi connectivity index (χ3n) is 7.38. The van der Waals surface area contributed by atoms with Gasteiger partial charge in [0.1, 0.15) is 0 Å². The van der Waals surface area contributed by atoms with Crippen molar-refractivity contribution in [3.05, 3.63) is 121 Å². The highest BCUT2D eigenvalue weighted by molar-refractivity contribution is 6.10. The molecule has 8 rings (SSSR count). The molecule has 0 fully saturated rings. The fourth-order valence-corrected chi connectivity index (χ4v) is 5.78. The van der Waals surface area contributed by atoms with Gasteiger partial charge in [0.15, 0.2) is 0 Å². The summed E-state index contributed by atoms with van der Waals surface area (Å²) in [6, 6.07) is 41.0. The third kappa shape index (κ3) is 2.50. The molecule has 0 aliphatic heterocycles. The molecule has 0 radical (unpaired) electrons. The molecule has 4 nitrogen and oxygen atoms in total. The number of imidazole rings is 2. The van der Waals surface area contributed by atoms with Gasteiger partial charge in [-0.1, -0.05) is 60.7 Å². The second-order valence-electron chi connectivity index (χ2n) is 9.40. The summed E-state index contributed by atoms with van der Waals surface area (Å²) >= 11 is 0. The van der Waals surface area contributed by atoms with Gasteiger partial charge in [0.2, 0.25) is 5.78 Å². The van der Waals surface area contributed by atoms with E-state index in [9.17, 15) is 0 Å². The molecule has 8 aromatic rings. The second-order valence-corrected chi connectivity index (χ2v) is 9.40. The Morgan fingerprint density at radius 1 is 0.528 bits per heavy atom. The quantitative estimate of drug-likeness (QED) is 0.257. The van der Waals surface area contributed by atoms with Crippen LogP contribution in [-0.2, 0) is 0 Å². The highest BCUT2D eigenvalue weighted by Crippen LogP contribution is 2.36. The molecule has 3 aromatic heterocycles. The first-order valence-electron chi connectivity index (χ1n) is 12.3. The molecule has 3 heterocycles. The minimum atomic E-state index is 0.930. The van der Waals surface area contributed by atoms with Crippen LogP contribution in [0.5, 0.6) is 0 Å². The Bertz CT molecular complexity index is 2120. The Labute approximate surface area is 207 Å². The van der Waals surface area contributed by atoms with E-state index in [4.69, 9.17) is 4.98 Å². The van der Waals surface area contributed by atoms with Crippen LogP contribution >= 0.6 is 0 Å². The van der Waals surface area contributed by atoms with E-state index in [0.29, 0.717) is 0 Å². The van der Waals surface area contributed by atoms with Gasteiger partial charge in [-0.15, -0.1) is 0 Å². The number of rotatable bonds is 2. The number of benzene rings is 5. The second kappa shape index (κ2) is 7.09. The topological polar surface area (TPSA) is 27.2 Å². The van der Waals surface area contributed by atoms with Gasteiger partial charge < -0.3 is 4.57 Å². The van der Waals surface area contributed by atoms with Gasteiger partial charge in [-0.2, -0.15) is 0 Å². The summed E-state index contributed by atoms with van der Waals surface area (Å²) in [7, 11) is 0. The number of nitrogens with zero attached hydrogens (tertiary/aromatic N) is 4. The van der Waals surface area contributed by atoms with Crippen molar-refractivity contribution in [2.75, 3.05) is 0 Å². The standard InChI is InChI=1S/C32H22N4/c1-21-10-2-5-13-26(21)35-27-14-6-3-11-23(27)24-20-22(18-19-28(24)35)34-30-16-8-9-17-31(30)36-29-15-7-4-12-25(29)33-32(34)36/h2-20H,1H3. The van der Waals surface area contributed by atoms with Gasteiger partial charge in [0.25, 0.3) is 0 Å². The lowest BCUT2D eigenvalue weighted by Gasteiger charge is -2.11. The molecule has 4 heteroatoms. The van der Waals surface area contributed by atoms with Crippen molar-refractivity contribution in [1.29, 1.82) is 0 Å². The molecule has 170 valence electrons. The number of para-hydroxylation sites is 6. The molecule has 0 spiro atoms. The largest absolute Gasteiger partial charge is 0.309 e. The van der Waals surface area contributed by atoms with Crippen LogP contribution in [0.3, 0.4) is 0 Å². The Morgan fingerprint density at radius 3 is 2.06 bits per heavy atom. The van der Waals surface area contributed by atoms with Crippen LogP contribution in [0.2, 0.25) is 0 Å². The van der Waals surface area contributed by atoms with E-state index in [1.54, 1.807) is 0 Å². The fourth-order valence-electron chi connectivity index (χ4n) is 5.78. The van der Waals surface area contributed by atoms with Gasteiger partial charge in [-0.3, -0.25) is 8.97 Å². The number of fused-ring (bicyclic) bond motifs is 8. The molecule has 0 N–H and O–H groups in total. The van der Waals surface area contributed by atoms with Crippen LogP contribution in [0.4, 0.5) is 0 Å². The molecule has 5 aromatic carbocycles. The number of hydrogen-bond donors (Lipinski definition) is 0. The monoisotopic (exact) mass is 462 g/mol. The molecule has 0 aliphatic rings. The van der Waals surface area contributed by atoms with Gasteiger partial charge in [-0.25, -0.2) is 4.98 Å². The first kappa shape index (κ1) is 19.5. The average Bonchev–Trinajstić information content (AvgIpc) is 3.55. The summed E-state index contributed by atoms with van der Waals surface area (Å²) < 4.78 is 6.94. The van der Waals surface area contributed by atoms with E-state index in [2.05, 4.69) is 130 Å². The lowest BCUT2D eigenvalue weighted by atomic mass is 10.1.